The van der Waals surface area contributed by atoms with E-state index in [1.807, 2.05) is 49.4 Å². The number of rotatable bonds is 6. The number of para-hydroxylation sites is 3. The number of Topliss-reactive ketones (excluding diaryl/α,β-unsaturated/α-hetero) is 1. The summed E-state index contributed by atoms with van der Waals surface area (Å²) in [6.45, 7) is 2.44. The second-order valence-electron chi connectivity index (χ2n) is 8.83. The molecule has 2 atom stereocenters. The van der Waals surface area contributed by atoms with Gasteiger partial charge in [-0.05, 0) is 55.2 Å². The van der Waals surface area contributed by atoms with Crippen LogP contribution in [0.3, 0.4) is 0 Å². The largest absolute Gasteiger partial charge is 0.493 e. The van der Waals surface area contributed by atoms with Gasteiger partial charge in [-0.25, -0.2) is 0 Å². The molecule has 0 fully saturated rings. The predicted octanol–water partition coefficient (Wildman–Crippen LogP) is 5.98. The van der Waals surface area contributed by atoms with Crippen molar-refractivity contribution in [1.29, 1.82) is 0 Å². The number of ketones is 1. The molecule has 5 rings (SSSR count). The van der Waals surface area contributed by atoms with Gasteiger partial charge in [-0.1, -0.05) is 30.3 Å². The second-order valence-corrected chi connectivity index (χ2v) is 8.83. The van der Waals surface area contributed by atoms with Gasteiger partial charge in [0.05, 0.1) is 41.6 Å². The van der Waals surface area contributed by atoms with Crippen molar-refractivity contribution in [3.05, 3.63) is 99.2 Å². The molecule has 2 N–H and O–H groups in total. The molecule has 1 aliphatic heterocycles. The summed E-state index contributed by atoms with van der Waals surface area (Å²) in [4.78, 5) is 25.2. The van der Waals surface area contributed by atoms with Crippen LogP contribution in [0.2, 0.25) is 0 Å². The molecule has 2 aliphatic rings. The van der Waals surface area contributed by atoms with Crippen molar-refractivity contribution in [2.24, 2.45) is 0 Å². The fraction of sp³-hybridized carbons (Fsp3) is 0.250. The van der Waals surface area contributed by atoms with E-state index >= 15 is 0 Å². The molecule has 8 nitrogen and oxygen atoms in total. The molecule has 0 aromatic heterocycles. The smallest absolute Gasteiger partial charge is 0.275 e. The highest BCUT2D eigenvalue weighted by atomic mass is 16.6. The van der Waals surface area contributed by atoms with Gasteiger partial charge in [-0.3, -0.25) is 14.9 Å². The lowest BCUT2D eigenvalue weighted by Crippen LogP contribution is -2.27. The Kier molecular flexibility index (Phi) is 6.33. The number of hydrogen-bond acceptors (Lipinski definition) is 7. The zero-order valence-corrected chi connectivity index (χ0v) is 20.1. The van der Waals surface area contributed by atoms with E-state index in [1.165, 1.54) is 6.07 Å². The van der Waals surface area contributed by atoms with Gasteiger partial charge in [-0.2, -0.15) is 0 Å². The summed E-state index contributed by atoms with van der Waals surface area (Å²) >= 11 is 0. The van der Waals surface area contributed by atoms with Gasteiger partial charge in [0.15, 0.2) is 17.3 Å². The van der Waals surface area contributed by atoms with E-state index in [1.54, 1.807) is 25.3 Å². The number of fused-ring (bicyclic) bond motifs is 1. The molecule has 0 radical (unpaired) electrons. The summed E-state index contributed by atoms with van der Waals surface area (Å²) in [5.41, 5.74) is 4.32. The Hall–Kier alpha value is -4.33. The number of ether oxygens (including phenoxy) is 2. The Labute approximate surface area is 209 Å². The van der Waals surface area contributed by atoms with Gasteiger partial charge in [0, 0.05) is 23.8 Å². The van der Waals surface area contributed by atoms with Crippen LogP contribution in [0.25, 0.3) is 0 Å². The average molecular weight is 486 g/mol. The Morgan fingerprint density at radius 1 is 1.00 bits per heavy atom. The van der Waals surface area contributed by atoms with E-state index in [4.69, 9.17) is 9.47 Å². The van der Waals surface area contributed by atoms with Gasteiger partial charge < -0.3 is 20.1 Å². The third-order valence-corrected chi connectivity index (χ3v) is 6.71. The van der Waals surface area contributed by atoms with Crippen LogP contribution >= 0.6 is 0 Å². The minimum atomic E-state index is -0.652. The number of nitro groups is 1. The van der Waals surface area contributed by atoms with Crippen LogP contribution in [0, 0.1) is 10.1 Å². The van der Waals surface area contributed by atoms with E-state index in [-0.39, 0.29) is 23.8 Å². The maximum absolute atomic E-state index is 13.7. The van der Waals surface area contributed by atoms with Crippen LogP contribution in [-0.2, 0) is 4.79 Å². The molecule has 8 heteroatoms. The fourth-order valence-electron chi connectivity index (χ4n) is 5.07. The minimum Gasteiger partial charge on any atom is -0.493 e. The van der Waals surface area contributed by atoms with Gasteiger partial charge in [-0.15, -0.1) is 0 Å². The molecule has 1 aliphatic carbocycles. The molecule has 0 spiro atoms. The van der Waals surface area contributed by atoms with E-state index in [9.17, 15) is 14.9 Å². The summed E-state index contributed by atoms with van der Waals surface area (Å²) in [5, 5.41) is 18.7. The minimum absolute atomic E-state index is 0.0209. The van der Waals surface area contributed by atoms with Crippen molar-refractivity contribution in [3.8, 4) is 11.5 Å². The molecular formula is C28H27N3O5. The van der Waals surface area contributed by atoms with E-state index in [0.29, 0.717) is 35.7 Å². The van der Waals surface area contributed by atoms with Crippen molar-refractivity contribution in [1.82, 2.24) is 0 Å². The SMILES string of the molecule is CCOc1ccc(C2CC(=O)C3=C(C2)Nc2ccccc2NC3c2ccccc2[N+](=O)[O-])cc1OC. The Morgan fingerprint density at radius 3 is 2.50 bits per heavy atom. The summed E-state index contributed by atoms with van der Waals surface area (Å²) in [5.74, 6) is 1.16. The highest BCUT2D eigenvalue weighted by Gasteiger charge is 2.38. The van der Waals surface area contributed by atoms with Crippen LogP contribution < -0.4 is 20.1 Å². The standard InChI is InChI=1S/C28H27N3O5/c1-3-36-25-13-12-17(16-26(25)35-2)18-14-22-27(24(32)15-18)28(19-8-4-7-11-23(19)31(33)34)30-21-10-6-5-9-20(21)29-22/h4-13,16,18,28-30H,3,14-15H2,1-2H3. The number of hydrogen-bond donors (Lipinski definition) is 2. The number of anilines is 2. The molecule has 0 saturated carbocycles. The topological polar surface area (TPSA) is 103 Å². The molecular weight excluding hydrogens is 458 g/mol. The first kappa shape index (κ1) is 23.4. The number of carbonyl (C=O) groups excluding carboxylic acids is 1. The molecule has 3 aromatic rings. The Balaban J connectivity index is 1.60. The number of carbonyl (C=O) groups is 1. The van der Waals surface area contributed by atoms with Gasteiger partial charge in [0.2, 0.25) is 0 Å². The van der Waals surface area contributed by atoms with Crippen molar-refractivity contribution in [2.45, 2.75) is 31.7 Å². The summed E-state index contributed by atoms with van der Waals surface area (Å²) in [6, 6.07) is 19.4. The van der Waals surface area contributed by atoms with Crippen molar-refractivity contribution >= 4 is 22.8 Å². The normalized spacial score (nSPS) is 18.8. The van der Waals surface area contributed by atoms with Gasteiger partial charge in [0.25, 0.3) is 5.69 Å². The number of nitro benzene ring substituents is 1. The van der Waals surface area contributed by atoms with Gasteiger partial charge in [0.1, 0.15) is 0 Å². The van der Waals surface area contributed by atoms with Crippen molar-refractivity contribution < 1.29 is 19.2 Å². The lowest BCUT2D eigenvalue weighted by molar-refractivity contribution is -0.385. The van der Waals surface area contributed by atoms with Crippen molar-refractivity contribution in [2.75, 3.05) is 24.4 Å². The van der Waals surface area contributed by atoms with Crippen molar-refractivity contribution in [3.63, 3.8) is 0 Å². The summed E-state index contributed by atoms with van der Waals surface area (Å²) < 4.78 is 11.2. The number of nitrogens with one attached hydrogen (secondary N) is 2. The quantitative estimate of drug-likeness (QED) is 0.327. The van der Waals surface area contributed by atoms with Crippen LogP contribution in [0.4, 0.5) is 17.1 Å². The monoisotopic (exact) mass is 485 g/mol. The van der Waals surface area contributed by atoms with Crippen LogP contribution in [0.1, 0.15) is 42.9 Å². The third kappa shape index (κ3) is 4.26. The first-order valence-electron chi connectivity index (χ1n) is 11.9. The van der Waals surface area contributed by atoms with Gasteiger partial charge >= 0.3 is 0 Å². The first-order chi connectivity index (χ1) is 17.5. The zero-order chi connectivity index (χ0) is 25.2. The van der Waals surface area contributed by atoms with Crippen LogP contribution in [0.15, 0.2) is 78.0 Å². The lowest BCUT2D eigenvalue weighted by Gasteiger charge is -2.30. The third-order valence-electron chi connectivity index (χ3n) is 6.71. The fourth-order valence-corrected chi connectivity index (χ4v) is 5.07. The molecule has 0 saturated heterocycles. The summed E-state index contributed by atoms with van der Waals surface area (Å²) in [7, 11) is 1.60. The Bertz CT molecular complexity index is 1370. The molecule has 0 amide bonds. The predicted molar refractivity (Wildman–Crippen MR) is 138 cm³/mol. The number of methoxy groups -OCH3 is 1. The molecule has 1 heterocycles. The number of allylic oxidation sites excluding steroid dienone is 1. The number of nitrogens with zero attached hydrogens (tertiary/aromatic N) is 1. The van der Waals surface area contributed by atoms with E-state index in [0.717, 1.165) is 22.6 Å². The average Bonchev–Trinajstić information content (AvgIpc) is 3.06. The second kappa shape index (κ2) is 9.73. The van der Waals surface area contributed by atoms with Crippen LogP contribution in [0.5, 0.6) is 11.5 Å². The molecule has 3 aromatic carbocycles. The van der Waals surface area contributed by atoms with Crippen LogP contribution in [-0.4, -0.2) is 24.4 Å². The highest BCUT2D eigenvalue weighted by Crippen LogP contribution is 2.46. The Morgan fingerprint density at radius 2 is 1.75 bits per heavy atom. The first-order valence-corrected chi connectivity index (χ1v) is 11.9. The number of benzene rings is 3. The highest BCUT2D eigenvalue weighted by molar-refractivity contribution is 6.01. The van der Waals surface area contributed by atoms with E-state index < -0.39 is 11.0 Å². The lowest BCUT2D eigenvalue weighted by atomic mass is 9.78. The molecule has 2 unspecified atom stereocenters. The molecule has 184 valence electrons. The maximum atomic E-state index is 13.7. The summed E-state index contributed by atoms with van der Waals surface area (Å²) in [6.07, 6.45) is 0.859. The zero-order valence-electron chi connectivity index (χ0n) is 20.1. The van der Waals surface area contributed by atoms with E-state index in [2.05, 4.69) is 10.6 Å². The molecule has 36 heavy (non-hydrogen) atoms. The molecule has 0 bridgehead atoms. The maximum Gasteiger partial charge on any atom is 0.275 e.